The van der Waals surface area contributed by atoms with E-state index in [1.165, 1.54) is 17.2 Å². The van der Waals surface area contributed by atoms with Gasteiger partial charge >= 0.3 is 5.97 Å². The number of carbonyl (C=O) groups is 2. The van der Waals surface area contributed by atoms with E-state index in [9.17, 15) is 9.59 Å². The molecular weight excluding hydrogens is 290 g/mol. The van der Waals surface area contributed by atoms with E-state index in [4.69, 9.17) is 5.11 Å². The van der Waals surface area contributed by atoms with Crippen molar-refractivity contribution in [1.82, 2.24) is 5.32 Å². The standard InChI is InChI=1S/C19H17NO3/c1-10-6-12(8-13(7-10)19(22)23)18(21)20-17-15-9-11-4-2-3-5-14(11)16(15)17/h2-8,15-17H,9H2,1H3,(H,20,21)(H,22,23). The highest BCUT2D eigenvalue weighted by Crippen LogP contribution is 2.56. The predicted molar refractivity (Wildman–Crippen MR) is 85.8 cm³/mol. The molecule has 23 heavy (non-hydrogen) atoms. The van der Waals surface area contributed by atoms with Gasteiger partial charge in [-0.2, -0.15) is 0 Å². The molecule has 0 aliphatic heterocycles. The molecule has 2 aromatic carbocycles. The number of aryl methyl sites for hydroxylation is 1. The largest absolute Gasteiger partial charge is 0.478 e. The summed E-state index contributed by atoms with van der Waals surface area (Å²) in [5.41, 5.74) is 4.07. The summed E-state index contributed by atoms with van der Waals surface area (Å²) >= 11 is 0. The third-order valence-electron chi connectivity index (χ3n) is 4.92. The summed E-state index contributed by atoms with van der Waals surface area (Å²) in [6.45, 7) is 1.80. The molecule has 4 nitrogen and oxygen atoms in total. The minimum absolute atomic E-state index is 0.150. The van der Waals surface area contributed by atoms with Gasteiger partial charge in [-0.3, -0.25) is 4.79 Å². The van der Waals surface area contributed by atoms with Crippen molar-refractivity contribution in [3.8, 4) is 0 Å². The Kier molecular flexibility index (Phi) is 3.01. The highest BCUT2D eigenvalue weighted by atomic mass is 16.4. The summed E-state index contributed by atoms with van der Waals surface area (Å²) < 4.78 is 0. The van der Waals surface area contributed by atoms with Crippen molar-refractivity contribution in [2.75, 3.05) is 0 Å². The third-order valence-corrected chi connectivity index (χ3v) is 4.92. The summed E-state index contributed by atoms with van der Waals surface area (Å²) in [7, 11) is 0. The maximum Gasteiger partial charge on any atom is 0.335 e. The normalized spacial score (nSPS) is 23.8. The molecule has 4 rings (SSSR count). The van der Waals surface area contributed by atoms with E-state index in [2.05, 4.69) is 23.5 Å². The first-order valence-corrected chi connectivity index (χ1v) is 7.78. The topological polar surface area (TPSA) is 66.4 Å². The summed E-state index contributed by atoms with van der Waals surface area (Å²) in [4.78, 5) is 23.6. The smallest absolute Gasteiger partial charge is 0.335 e. The first kappa shape index (κ1) is 14.0. The lowest BCUT2D eigenvalue weighted by Crippen LogP contribution is -2.29. The molecule has 2 aromatic rings. The molecular formula is C19H17NO3. The molecule has 1 amide bonds. The number of aromatic carboxylic acids is 1. The van der Waals surface area contributed by atoms with Crippen LogP contribution >= 0.6 is 0 Å². The average Bonchev–Trinajstić information content (AvgIpc) is 3.04. The zero-order valence-electron chi connectivity index (χ0n) is 12.7. The average molecular weight is 307 g/mol. The van der Waals surface area contributed by atoms with Crippen molar-refractivity contribution in [2.24, 2.45) is 5.92 Å². The van der Waals surface area contributed by atoms with Crippen LogP contribution in [0.4, 0.5) is 0 Å². The van der Waals surface area contributed by atoms with Crippen molar-refractivity contribution in [1.29, 1.82) is 0 Å². The molecule has 0 radical (unpaired) electrons. The van der Waals surface area contributed by atoms with Crippen molar-refractivity contribution < 1.29 is 14.7 Å². The van der Waals surface area contributed by atoms with Crippen LogP contribution in [0.5, 0.6) is 0 Å². The number of carbonyl (C=O) groups excluding carboxylic acids is 1. The van der Waals surface area contributed by atoms with Gasteiger partial charge in [-0.05, 0) is 54.2 Å². The summed E-state index contributed by atoms with van der Waals surface area (Å²) in [6.07, 6.45) is 1.01. The number of carboxylic acid groups (broad SMARTS) is 1. The van der Waals surface area contributed by atoms with Crippen LogP contribution in [0.15, 0.2) is 42.5 Å². The number of rotatable bonds is 3. The Balaban J connectivity index is 1.52. The molecule has 2 aliphatic rings. The SMILES string of the molecule is Cc1cc(C(=O)O)cc(C(=O)NC2C3Cc4ccccc4C32)c1. The molecule has 0 spiro atoms. The van der Waals surface area contributed by atoms with Crippen LogP contribution in [0.2, 0.25) is 0 Å². The number of fused-ring (bicyclic) bond motifs is 3. The second-order valence-electron chi connectivity index (χ2n) is 6.48. The number of amides is 1. The molecule has 116 valence electrons. The van der Waals surface area contributed by atoms with Gasteiger partial charge in [0.25, 0.3) is 5.91 Å². The first-order chi connectivity index (χ1) is 11.0. The minimum Gasteiger partial charge on any atom is -0.478 e. The second-order valence-corrected chi connectivity index (χ2v) is 6.48. The molecule has 0 aromatic heterocycles. The molecule has 1 fully saturated rings. The van der Waals surface area contributed by atoms with Crippen molar-refractivity contribution in [2.45, 2.75) is 25.3 Å². The van der Waals surface area contributed by atoms with E-state index in [0.717, 1.165) is 12.0 Å². The van der Waals surface area contributed by atoms with Crippen molar-refractivity contribution in [3.63, 3.8) is 0 Å². The van der Waals surface area contributed by atoms with Crippen LogP contribution in [0.25, 0.3) is 0 Å². The minimum atomic E-state index is -1.01. The molecule has 3 unspecified atom stereocenters. The van der Waals surface area contributed by atoms with Gasteiger partial charge in [0.1, 0.15) is 0 Å². The maximum absolute atomic E-state index is 12.5. The molecule has 0 heterocycles. The Hall–Kier alpha value is -2.62. The monoisotopic (exact) mass is 307 g/mol. The molecule has 0 saturated heterocycles. The Morgan fingerprint density at radius 2 is 1.87 bits per heavy atom. The van der Waals surface area contributed by atoms with Gasteiger partial charge in [-0.1, -0.05) is 24.3 Å². The Bertz CT molecular complexity index is 827. The van der Waals surface area contributed by atoms with Gasteiger partial charge in [-0.15, -0.1) is 0 Å². The van der Waals surface area contributed by atoms with Gasteiger partial charge in [0.05, 0.1) is 5.56 Å². The van der Waals surface area contributed by atoms with Gasteiger partial charge < -0.3 is 10.4 Å². The highest BCUT2D eigenvalue weighted by Gasteiger charge is 2.56. The molecule has 0 bridgehead atoms. The third kappa shape index (κ3) is 2.31. The quantitative estimate of drug-likeness (QED) is 0.916. The second kappa shape index (κ2) is 4.95. The Morgan fingerprint density at radius 3 is 2.65 bits per heavy atom. The lowest BCUT2D eigenvalue weighted by Gasteiger charge is -2.10. The fourth-order valence-electron chi connectivity index (χ4n) is 3.82. The predicted octanol–water partition coefficient (Wildman–Crippen LogP) is 2.76. The highest BCUT2D eigenvalue weighted by molar-refractivity contribution is 5.98. The number of carboxylic acids is 1. The van der Waals surface area contributed by atoms with Crippen molar-refractivity contribution >= 4 is 11.9 Å². The van der Waals surface area contributed by atoms with E-state index in [0.29, 0.717) is 17.4 Å². The van der Waals surface area contributed by atoms with Gasteiger partial charge in [0.2, 0.25) is 0 Å². The van der Waals surface area contributed by atoms with Crippen LogP contribution in [0.3, 0.4) is 0 Å². The van der Waals surface area contributed by atoms with E-state index >= 15 is 0 Å². The van der Waals surface area contributed by atoms with Crippen LogP contribution in [-0.2, 0) is 6.42 Å². The van der Waals surface area contributed by atoms with Crippen LogP contribution < -0.4 is 5.32 Å². The van der Waals surface area contributed by atoms with E-state index in [-0.39, 0.29) is 17.5 Å². The zero-order chi connectivity index (χ0) is 16.1. The van der Waals surface area contributed by atoms with E-state index in [1.54, 1.807) is 19.1 Å². The van der Waals surface area contributed by atoms with Crippen LogP contribution in [0.1, 0.15) is 43.3 Å². The van der Waals surface area contributed by atoms with Gasteiger partial charge in [0.15, 0.2) is 0 Å². The molecule has 2 aliphatic carbocycles. The molecule has 1 saturated carbocycles. The number of hydrogen-bond donors (Lipinski definition) is 2. The summed E-state index contributed by atoms with van der Waals surface area (Å²) in [5.74, 6) is -0.299. The van der Waals surface area contributed by atoms with Gasteiger partial charge in [-0.25, -0.2) is 4.79 Å². The lowest BCUT2D eigenvalue weighted by molar-refractivity contribution is 0.0696. The number of hydrogen-bond acceptors (Lipinski definition) is 2. The maximum atomic E-state index is 12.5. The molecule has 4 heteroatoms. The van der Waals surface area contributed by atoms with E-state index < -0.39 is 5.97 Å². The zero-order valence-corrected chi connectivity index (χ0v) is 12.7. The Labute approximate surface area is 134 Å². The lowest BCUT2D eigenvalue weighted by atomic mass is 10.0. The van der Waals surface area contributed by atoms with Crippen LogP contribution in [-0.4, -0.2) is 23.0 Å². The Morgan fingerprint density at radius 1 is 1.13 bits per heavy atom. The number of benzene rings is 2. The summed E-state index contributed by atoms with van der Waals surface area (Å²) in [6, 6.07) is 13.3. The van der Waals surface area contributed by atoms with E-state index in [1.807, 2.05) is 6.07 Å². The number of nitrogens with one attached hydrogen (secondary N) is 1. The van der Waals surface area contributed by atoms with Gasteiger partial charge in [0, 0.05) is 17.5 Å². The molecule has 2 N–H and O–H groups in total. The first-order valence-electron chi connectivity index (χ1n) is 7.78. The fourth-order valence-corrected chi connectivity index (χ4v) is 3.82. The fraction of sp³-hybridized carbons (Fsp3) is 0.263. The van der Waals surface area contributed by atoms with Crippen molar-refractivity contribution in [3.05, 3.63) is 70.3 Å². The molecule has 3 atom stereocenters. The summed E-state index contributed by atoms with van der Waals surface area (Å²) in [5, 5.41) is 12.2. The van der Waals surface area contributed by atoms with Crippen LogP contribution in [0, 0.1) is 12.8 Å².